The highest BCUT2D eigenvalue weighted by atomic mass is 32.1. The van der Waals surface area contributed by atoms with Crippen LogP contribution in [-0.4, -0.2) is 10.9 Å². The number of nitrogens with zero attached hydrogens (tertiary/aromatic N) is 1. The van der Waals surface area contributed by atoms with E-state index in [9.17, 15) is 4.79 Å². The number of aryl methyl sites for hydroxylation is 1. The Morgan fingerprint density at radius 3 is 2.59 bits per heavy atom. The van der Waals surface area contributed by atoms with Gasteiger partial charge in [-0.2, -0.15) is 0 Å². The van der Waals surface area contributed by atoms with E-state index in [1.807, 2.05) is 85.8 Å². The highest BCUT2D eigenvalue weighted by Crippen LogP contribution is 2.32. The molecule has 0 atom stereocenters. The second-order valence-corrected chi connectivity index (χ2v) is 8.44. The summed E-state index contributed by atoms with van der Waals surface area (Å²) in [6.45, 7) is 1.97. The van der Waals surface area contributed by atoms with E-state index < -0.39 is 0 Å². The summed E-state index contributed by atoms with van der Waals surface area (Å²) >= 11 is 1.64. The first-order chi connectivity index (χ1) is 15.7. The molecule has 0 saturated heterocycles. The van der Waals surface area contributed by atoms with Crippen molar-refractivity contribution in [3.05, 3.63) is 102 Å². The first kappa shape index (κ1) is 20.0. The number of thiazole rings is 1. The van der Waals surface area contributed by atoms with Gasteiger partial charge in [-0.15, -0.1) is 11.3 Å². The molecule has 0 aliphatic carbocycles. The van der Waals surface area contributed by atoms with Gasteiger partial charge in [-0.1, -0.05) is 54.6 Å². The number of hydrogen-bond acceptors (Lipinski definition) is 4. The molecule has 156 valence electrons. The molecule has 0 saturated carbocycles. The lowest BCUT2D eigenvalue weighted by atomic mass is 10.1. The van der Waals surface area contributed by atoms with E-state index in [4.69, 9.17) is 9.40 Å². The van der Waals surface area contributed by atoms with Gasteiger partial charge in [0.15, 0.2) is 0 Å². The Kier molecular flexibility index (Phi) is 5.40. The molecule has 2 heterocycles. The maximum Gasteiger partial charge on any atom is 0.248 e. The molecule has 5 rings (SSSR count). The number of aromatic nitrogens is 1. The van der Waals surface area contributed by atoms with Crippen molar-refractivity contribution >= 4 is 39.2 Å². The molecule has 4 nitrogen and oxygen atoms in total. The lowest BCUT2D eigenvalue weighted by molar-refractivity contribution is -0.111. The number of fused-ring (bicyclic) bond motifs is 1. The first-order valence-corrected chi connectivity index (χ1v) is 11.1. The number of furan rings is 1. The van der Waals surface area contributed by atoms with Crippen molar-refractivity contribution in [2.45, 2.75) is 6.92 Å². The summed E-state index contributed by atoms with van der Waals surface area (Å²) in [5, 5.41) is 3.90. The summed E-state index contributed by atoms with van der Waals surface area (Å²) in [5.41, 5.74) is 4.71. The maximum absolute atomic E-state index is 12.6. The third kappa shape index (κ3) is 4.24. The van der Waals surface area contributed by atoms with Crippen molar-refractivity contribution in [2.24, 2.45) is 0 Å². The molecule has 0 radical (unpaired) electrons. The van der Waals surface area contributed by atoms with Crippen LogP contribution < -0.4 is 5.32 Å². The van der Waals surface area contributed by atoms with Crippen molar-refractivity contribution in [3.8, 4) is 21.9 Å². The van der Waals surface area contributed by atoms with E-state index in [0.717, 1.165) is 43.4 Å². The lowest BCUT2D eigenvalue weighted by Gasteiger charge is -2.08. The monoisotopic (exact) mass is 436 g/mol. The van der Waals surface area contributed by atoms with Crippen molar-refractivity contribution < 1.29 is 9.21 Å². The number of para-hydroxylation sites is 1. The molecule has 0 unspecified atom stereocenters. The van der Waals surface area contributed by atoms with Crippen LogP contribution in [0.5, 0.6) is 0 Å². The smallest absolute Gasteiger partial charge is 0.248 e. The largest absolute Gasteiger partial charge is 0.457 e. The lowest BCUT2D eigenvalue weighted by Crippen LogP contribution is -2.09. The van der Waals surface area contributed by atoms with E-state index in [1.54, 1.807) is 17.4 Å². The molecule has 1 amide bonds. The van der Waals surface area contributed by atoms with E-state index in [1.165, 1.54) is 6.08 Å². The molecule has 32 heavy (non-hydrogen) atoms. The Bertz CT molecular complexity index is 1400. The van der Waals surface area contributed by atoms with Gasteiger partial charge in [0.25, 0.3) is 0 Å². The second-order valence-electron chi connectivity index (χ2n) is 7.41. The van der Waals surface area contributed by atoms with Crippen LogP contribution in [0.1, 0.15) is 11.3 Å². The maximum atomic E-state index is 12.6. The van der Waals surface area contributed by atoms with Gasteiger partial charge >= 0.3 is 0 Å². The summed E-state index contributed by atoms with van der Waals surface area (Å²) in [4.78, 5) is 17.3. The third-order valence-electron chi connectivity index (χ3n) is 5.12. The van der Waals surface area contributed by atoms with Crippen LogP contribution in [0.25, 0.3) is 38.2 Å². The van der Waals surface area contributed by atoms with Gasteiger partial charge in [-0.3, -0.25) is 4.79 Å². The Labute approximate surface area is 189 Å². The SMILES string of the molecule is Cc1ccc(-c2nc3ccccc3s2)cc1NC(=O)/C=C/c1ccc(-c2ccccc2)o1. The van der Waals surface area contributed by atoms with Crippen molar-refractivity contribution in [1.82, 2.24) is 4.98 Å². The minimum Gasteiger partial charge on any atom is -0.457 e. The number of nitrogens with one attached hydrogen (secondary N) is 1. The van der Waals surface area contributed by atoms with Crippen LogP contribution in [0.4, 0.5) is 5.69 Å². The molecular weight excluding hydrogens is 416 g/mol. The minimum absolute atomic E-state index is 0.216. The number of amides is 1. The van der Waals surface area contributed by atoms with E-state index in [-0.39, 0.29) is 5.91 Å². The molecule has 0 bridgehead atoms. The fraction of sp³-hybridized carbons (Fsp3) is 0.0370. The summed E-state index contributed by atoms with van der Waals surface area (Å²) in [5.74, 6) is 1.18. The average molecular weight is 437 g/mol. The van der Waals surface area contributed by atoms with Crippen molar-refractivity contribution in [3.63, 3.8) is 0 Å². The van der Waals surface area contributed by atoms with E-state index in [0.29, 0.717) is 5.76 Å². The summed E-state index contributed by atoms with van der Waals surface area (Å²) < 4.78 is 6.97. The summed E-state index contributed by atoms with van der Waals surface area (Å²) in [6, 6.07) is 27.7. The molecule has 5 heteroatoms. The van der Waals surface area contributed by atoms with Crippen LogP contribution in [0.3, 0.4) is 0 Å². The van der Waals surface area contributed by atoms with Crippen molar-refractivity contribution in [1.29, 1.82) is 0 Å². The molecule has 5 aromatic rings. The Morgan fingerprint density at radius 1 is 0.938 bits per heavy atom. The zero-order valence-corrected chi connectivity index (χ0v) is 18.2. The van der Waals surface area contributed by atoms with Gasteiger partial charge in [0.1, 0.15) is 16.5 Å². The average Bonchev–Trinajstić information content (AvgIpc) is 3.47. The third-order valence-corrected chi connectivity index (χ3v) is 6.21. The van der Waals surface area contributed by atoms with Gasteiger partial charge < -0.3 is 9.73 Å². The number of carbonyl (C=O) groups excluding carboxylic acids is 1. The predicted molar refractivity (Wildman–Crippen MR) is 132 cm³/mol. The number of hydrogen-bond donors (Lipinski definition) is 1. The second kappa shape index (κ2) is 8.65. The van der Waals surface area contributed by atoms with Crippen LogP contribution in [0.2, 0.25) is 0 Å². The van der Waals surface area contributed by atoms with Crippen molar-refractivity contribution in [2.75, 3.05) is 5.32 Å². The minimum atomic E-state index is -0.216. The quantitative estimate of drug-likeness (QED) is 0.297. The molecule has 3 aromatic carbocycles. The normalized spacial score (nSPS) is 11.3. The number of anilines is 1. The fourth-order valence-corrected chi connectivity index (χ4v) is 4.38. The highest BCUT2D eigenvalue weighted by molar-refractivity contribution is 7.21. The number of carbonyl (C=O) groups is 1. The van der Waals surface area contributed by atoms with Crippen LogP contribution in [0.15, 0.2) is 95.4 Å². The standard InChI is InChI=1S/C27H20N2O2S/c1-18-11-12-20(27-29-22-9-5-6-10-25(22)32-27)17-23(18)28-26(30)16-14-21-13-15-24(31-21)19-7-3-2-4-8-19/h2-17H,1H3,(H,28,30)/b16-14+. The van der Waals surface area contributed by atoms with Gasteiger partial charge in [0, 0.05) is 22.9 Å². The van der Waals surface area contributed by atoms with E-state index >= 15 is 0 Å². The molecule has 0 aliphatic heterocycles. The first-order valence-electron chi connectivity index (χ1n) is 10.3. The summed E-state index contributed by atoms with van der Waals surface area (Å²) in [7, 11) is 0. The fourth-order valence-electron chi connectivity index (χ4n) is 3.42. The van der Waals surface area contributed by atoms with Gasteiger partial charge in [0.2, 0.25) is 5.91 Å². The van der Waals surface area contributed by atoms with Crippen LogP contribution in [0, 0.1) is 6.92 Å². The highest BCUT2D eigenvalue weighted by Gasteiger charge is 2.10. The summed E-state index contributed by atoms with van der Waals surface area (Å²) in [6.07, 6.45) is 3.16. The topological polar surface area (TPSA) is 55.1 Å². The van der Waals surface area contributed by atoms with Crippen LogP contribution >= 0.6 is 11.3 Å². The predicted octanol–water partition coefficient (Wildman–Crippen LogP) is 7.18. The molecular formula is C27H20N2O2S. The Hall–Kier alpha value is -3.96. The van der Waals surface area contributed by atoms with Gasteiger partial charge in [-0.25, -0.2) is 4.98 Å². The molecule has 0 spiro atoms. The molecule has 1 N–H and O–H groups in total. The number of rotatable bonds is 5. The zero-order chi connectivity index (χ0) is 21.9. The van der Waals surface area contributed by atoms with Gasteiger partial charge in [0.05, 0.1) is 10.2 Å². The van der Waals surface area contributed by atoms with Gasteiger partial charge in [-0.05, 0) is 48.9 Å². The number of benzene rings is 3. The van der Waals surface area contributed by atoms with E-state index in [2.05, 4.69) is 11.4 Å². The Morgan fingerprint density at radius 2 is 1.75 bits per heavy atom. The zero-order valence-electron chi connectivity index (χ0n) is 17.4. The Balaban J connectivity index is 1.32. The van der Waals surface area contributed by atoms with Crippen LogP contribution in [-0.2, 0) is 4.79 Å². The molecule has 0 fully saturated rings. The molecule has 2 aromatic heterocycles. The molecule has 0 aliphatic rings.